The molecule has 2 saturated heterocycles. The van der Waals surface area contributed by atoms with Crippen molar-refractivity contribution >= 4 is 35.8 Å². The number of piperidine rings is 1. The summed E-state index contributed by atoms with van der Waals surface area (Å²) in [5.41, 5.74) is 0. The molecule has 2 fully saturated rings. The molecular formula is C19H38IN5O. The van der Waals surface area contributed by atoms with Crippen molar-refractivity contribution in [1.82, 2.24) is 20.0 Å². The van der Waals surface area contributed by atoms with Crippen LogP contribution in [0.15, 0.2) is 4.99 Å². The van der Waals surface area contributed by atoms with Gasteiger partial charge in [-0.15, -0.1) is 24.0 Å². The van der Waals surface area contributed by atoms with Crippen LogP contribution >= 0.6 is 24.0 Å². The molecule has 0 radical (unpaired) electrons. The van der Waals surface area contributed by atoms with Crippen molar-refractivity contribution in [3.05, 3.63) is 0 Å². The SMILES string of the molecule is CCNC(=NCCCCCN1CCCCC1)N1CCN(C(C)=O)CC1.I. The van der Waals surface area contributed by atoms with Crippen LogP contribution in [0.25, 0.3) is 0 Å². The lowest BCUT2D eigenvalue weighted by Gasteiger charge is -2.36. The number of halogens is 1. The number of nitrogens with one attached hydrogen (secondary N) is 1. The van der Waals surface area contributed by atoms with Gasteiger partial charge in [-0.25, -0.2) is 0 Å². The Labute approximate surface area is 176 Å². The van der Waals surface area contributed by atoms with Crippen LogP contribution in [-0.2, 0) is 4.79 Å². The molecule has 2 rings (SSSR count). The highest BCUT2D eigenvalue weighted by Crippen LogP contribution is 2.10. The van der Waals surface area contributed by atoms with E-state index in [-0.39, 0.29) is 29.9 Å². The van der Waals surface area contributed by atoms with Gasteiger partial charge in [-0.3, -0.25) is 9.79 Å². The average molecular weight is 479 g/mol. The fourth-order valence-corrected chi connectivity index (χ4v) is 3.65. The zero-order valence-corrected chi connectivity index (χ0v) is 19.0. The second-order valence-corrected chi connectivity index (χ2v) is 7.19. The van der Waals surface area contributed by atoms with E-state index in [9.17, 15) is 4.79 Å². The number of carbonyl (C=O) groups excluding carboxylic acids is 1. The molecule has 0 unspecified atom stereocenters. The van der Waals surface area contributed by atoms with E-state index in [2.05, 4.69) is 22.0 Å². The maximum absolute atomic E-state index is 11.4. The maximum atomic E-state index is 11.4. The van der Waals surface area contributed by atoms with E-state index in [0.717, 1.165) is 51.6 Å². The number of unbranched alkanes of at least 4 members (excludes halogenated alkanes) is 2. The third-order valence-electron chi connectivity index (χ3n) is 5.20. The number of amides is 1. The van der Waals surface area contributed by atoms with E-state index in [4.69, 9.17) is 4.99 Å². The number of guanidine groups is 1. The van der Waals surface area contributed by atoms with Crippen LogP contribution in [0.5, 0.6) is 0 Å². The topological polar surface area (TPSA) is 51.2 Å². The van der Waals surface area contributed by atoms with Gasteiger partial charge in [0.2, 0.25) is 5.91 Å². The van der Waals surface area contributed by atoms with Gasteiger partial charge in [0.25, 0.3) is 0 Å². The number of aliphatic imine (C=N–C) groups is 1. The molecule has 0 aliphatic carbocycles. The summed E-state index contributed by atoms with van der Waals surface area (Å²) >= 11 is 0. The molecule has 26 heavy (non-hydrogen) atoms. The van der Waals surface area contributed by atoms with Crippen molar-refractivity contribution in [2.24, 2.45) is 4.99 Å². The van der Waals surface area contributed by atoms with Crippen molar-refractivity contribution in [2.45, 2.75) is 52.4 Å². The molecule has 0 atom stereocenters. The van der Waals surface area contributed by atoms with Gasteiger partial charge in [0.05, 0.1) is 0 Å². The van der Waals surface area contributed by atoms with E-state index in [1.54, 1.807) is 6.92 Å². The van der Waals surface area contributed by atoms with E-state index in [1.807, 2.05) is 4.90 Å². The summed E-state index contributed by atoms with van der Waals surface area (Å²) in [6.07, 6.45) is 7.90. The molecule has 0 aromatic rings. The minimum atomic E-state index is 0. The van der Waals surface area contributed by atoms with Crippen LogP contribution in [0.4, 0.5) is 0 Å². The fraction of sp³-hybridized carbons (Fsp3) is 0.895. The van der Waals surface area contributed by atoms with Crippen molar-refractivity contribution in [2.75, 3.05) is 58.9 Å². The number of nitrogens with zero attached hydrogens (tertiary/aromatic N) is 4. The largest absolute Gasteiger partial charge is 0.357 e. The van der Waals surface area contributed by atoms with Gasteiger partial charge in [0, 0.05) is 46.2 Å². The summed E-state index contributed by atoms with van der Waals surface area (Å²) in [7, 11) is 0. The first-order valence-corrected chi connectivity index (χ1v) is 10.2. The molecule has 1 amide bonds. The average Bonchev–Trinajstić information content (AvgIpc) is 2.64. The zero-order valence-electron chi connectivity index (χ0n) is 16.7. The van der Waals surface area contributed by atoms with Crippen LogP contribution in [0.1, 0.15) is 52.4 Å². The lowest BCUT2D eigenvalue weighted by molar-refractivity contribution is -0.130. The molecule has 0 aromatic heterocycles. The molecule has 0 saturated carbocycles. The van der Waals surface area contributed by atoms with Gasteiger partial charge >= 0.3 is 0 Å². The van der Waals surface area contributed by atoms with E-state index >= 15 is 0 Å². The number of hydrogen-bond donors (Lipinski definition) is 1. The molecule has 2 aliphatic heterocycles. The second-order valence-electron chi connectivity index (χ2n) is 7.19. The Morgan fingerprint density at radius 2 is 1.58 bits per heavy atom. The zero-order chi connectivity index (χ0) is 17.9. The Morgan fingerprint density at radius 1 is 0.923 bits per heavy atom. The summed E-state index contributed by atoms with van der Waals surface area (Å²) in [6, 6.07) is 0. The molecule has 2 aliphatic rings. The van der Waals surface area contributed by atoms with Gasteiger partial charge in [0.1, 0.15) is 0 Å². The standard InChI is InChI=1S/C19H37N5O.HI/c1-3-20-19(24-16-14-23(15-17-24)18(2)25)21-10-6-4-7-11-22-12-8-5-9-13-22;/h3-17H2,1-2H3,(H,20,21);1H. The smallest absolute Gasteiger partial charge is 0.219 e. The van der Waals surface area contributed by atoms with E-state index < -0.39 is 0 Å². The first-order valence-electron chi connectivity index (χ1n) is 10.2. The molecular weight excluding hydrogens is 441 g/mol. The maximum Gasteiger partial charge on any atom is 0.219 e. The molecule has 7 heteroatoms. The van der Waals surface area contributed by atoms with Crippen molar-refractivity contribution in [1.29, 1.82) is 0 Å². The molecule has 2 heterocycles. The monoisotopic (exact) mass is 479 g/mol. The summed E-state index contributed by atoms with van der Waals surface area (Å²) in [6.45, 7) is 12.8. The fourth-order valence-electron chi connectivity index (χ4n) is 3.65. The Kier molecular flexibility index (Phi) is 12.3. The highest BCUT2D eigenvalue weighted by Gasteiger charge is 2.20. The highest BCUT2D eigenvalue weighted by atomic mass is 127. The Morgan fingerprint density at radius 3 is 2.19 bits per heavy atom. The number of hydrogen-bond acceptors (Lipinski definition) is 3. The Balaban J connectivity index is 0.00000338. The van der Waals surface area contributed by atoms with Gasteiger partial charge in [0.15, 0.2) is 5.96 Å². The molecule has 6 nitrogen and oxygen atoms in total. The first kappa shape index (κ1) is 23.5. The quantitative estimate of drug-likeness (QED) is 0.264. The van der Waals surface area contributed by atoms with Crippen LogP contribution in [0.3, 0.4) is 0 Å². The van der Waals surface area contributed by atoms with Gasteiger partial charge in [-0.2, -0.15) is 0 Å². The van der Waals surface area contributed by atoms with Gasteiger partial charge in [-0.1, -0.05) is 12.8 Å². The summed E-state index contributed by atoms with van der Waals surface area (Å²) < 4.78 is 0. The molecule has 1 N–H and O–H groups in total. The third kappa shape index (κ3) is 8.41. The molecule has 0 bridgehead atoms. The van der Waals surface area contributed by atoms with Gasteiger partial charge in [-0.05, 0) is 52.2 Å². The van der Waals surface area contributed by atoms with Crippen LogP contribution in [0.2, 0.25) is 0 Å². The van der Waals surface area contributed by atoms with Crippen LogP contribution < -0.4 is 5.32 Å². The number of likely N-dealkylation sites (tertiary alicyclic amines) is 1. The Hall–Kier alpha value is -0.570. The second kappa shape index (κ2) is 13.6. The van der Waals surface area contributed by atoms with Crippen molar-refractivity contribution in [3.63, 3.8) is 0 Å². The predicted octanol–water partition coefficient (Wildman–Crippen LogP) is 2.39. The Bertz CT molecular complexity index is 418. The highest BCUT2D eigenvalue weighted by molar-refractivity contribution is 14.0. The summed E-state index contributed by atoms with van der Waals surface area (Å²) in [4.78, 5) is 23.1. The predicted molar refractivity (Wildman–Crippen MR) is 119 cm³/mol. The number of rotatable bonds is 7. The number of piperazine rings is 1. The first-order chi connectivity index (χ1) is 12.2. The minimum Gasteiger partial charge on any atom is -0.357 e. The van der Waals surface area contributed by atoms with E-state index in [0.29, 0.717) is 0 Å². The third-order valence-corrected chi connectivity index (χ3v) is 5.20. The summed E-state index contributed by atoms with van der Waals surface area (Å²) in [5, 5.41) is 3.40. The molecule has 0 aromatic carbocycles. The lowest BCUT2D eigenvalue weighted by Crippen LogP contribution is -2.53. The van der Waals surface area contributed by atoms with Crippen molar-refractivity contribution in [3.8, 4) is 0 Å². The normalized spacial score (nSPS) is 19.2. The lowest BCUT2D eigenvalue weighted by atomic mass is 10.1. The van der Waals surface area contributed by atoms with Crippen LogP contribution in [-0.4, -0.2) is 85.5 Å². The molecule has 0 spiro atoms. The van der Waals surface area contributed by atoms with Gasteiger partial charge < -0.3 is 20.0 Å². The summed E-state index contributed by atoms with van der Waals surface area (Å²) in [5.74, 6) is 1.19. The molecule has 152 valence electrons. The number of carbonyl (C=O) groups is 1. The van der Waals surface area contributed by atoms with Crippen LogP contribution in [0, 0.1) is 0 Å². The minimum absolute atomic E-state index is 0. The van der Waals surface area contributed by atoms with E-state index in [1.165, 1.54) is 51.7 Å². The van der Waals surface area contributed by atoms with Crippen molar-refractivity contribution < 1.29 is 4.79 Å².